The van der Waals surface area contributed by atoms with Crippen molar-refractivity contribution in [1.82, 2.24) is 15.1 Å². The van der Waals surface area contributed by atoms with Crippen molar-refractivity contribution in [1.29, 1.82) is 0 Å². The van der Waals surface area contributed by atoms with Crippen molar-refractivity contribution >= 4 is 21.8 Å². The van der Waals surface area contributed by atoms with Crippen LogP contribution in [-0.4, -0.2) is 23.5 Å². The Morgan fingerprint density at radius 1 is 0.933 bits per heavy atom. The van der Waals surface area contributed by atoms with Gasteiger partial charge in [-0.25, -0.2) is 8.42 Å². The number of aromatic nitrogens is 3. The molecule has 0 radical (unpaired) electrons. The van der Waals surface area contributed by atoms with E-state index in [1.807, 2.05) is 42.5 Å². The number of nitrogens with zero attached hydrogens (tertiary/aromatic N) is 3. The second-order valence-corrected chi connectivity index (χ2v) is 8.01. The van der Waals surface area contributed by atoms with Gasteiger partial charge in [0.2, 0.25) is 11.7 Å². The summed E-state index contributed by atoms with van der Waals surface area (Å²) in [5.74, 6) is 0.838. The fraction of sp³-hybridized carbons (Fsp3) is 0.0455. The van der Waals surface area contributed by atoms with E-state index in [9.17, 15) is 8.42 Å². The number of anilines is 1. The summed E-state index contributed by atoms with van der Waals surface area (Å²) in [5, 5.41) is 5.13. The van der Waals surface area contributed by atoms with E-state index in [1.165, 1.54) is 0 Å². The van der Waals surface area contributed by atoms with Crippen LogP contribution in [0.5, 0.6) is 0 Å². The van der Waals surface area contributed by atoms with Crippen LogP contribution in [0, 0.1) is 0 Å². The highest BCUT2D eigenvalue weighted by Gasteiger charge is 2.14. The number of nitrogens with one attached hydrogen (secondary N) is 1. The summed E-state index contributed by atoms with van der Waals surface area (Å²) in [5.41, 5.74) is 2.77. The van der Waals surface area contributed by atoms with Crippen LogP contribution in [0.15, 0.2) is 89.1 Å². The lowest BCUT2D eigenvalue weighted by atomic mass is 10.1. The molecule has 7 nitrogen and oxygen atoms in total. The highest BCUT2D eigenvalue weighted by Crippen LogP contribution is 2.22. The van der Waals surface area contributed by atoms with Gasteiger partial charge in [-0.15, -0.1) is 0 Å². The maximum absolute atomic E-state index is 12.5. The molecule has 0 aliphatic carbocycles. The van der Waals surface area contributed by atoms with Crippen LogP contribution in [0.2, 0.25) is 0 Å². The molecule has 150 valence electrons. The molecule has 8 heteroatoms. The summed E-state index contributed by atoms with van der Waals surface area (Å²) in [4.78, 5) is 8.36. The Morgan fingerprint density at radius 3 is 2.47 bits per heavy atom. The molecule has 2 aromatic carbocycles. The fourth-order valence-corrected chi connectivity index (χ4v) is 3.71. The number of rotatable bonds is 7. The van der Waals surface area contributed by atoms with Gasteiger partial charge in [0.05, 0.1) is 17.5 Å². The third kappa shape index (κ3) is 4.98. The van der Waals surface area contributed by atoms with Crippen LogP contribution in [0.25, 0.3) is 17.5 Å². The molecule has 0 fully saturated rings. The first-order valence-corrected chi connectivity index (χ1v) is 10.7. The van der Waals surface area contributed by atoms with E-state index in [4.69, 9.17) is 4.52 Å². The second-order valence-electron chi connectivity index (χ2n) is 6.44. The van der Waals surface area contributed by atoms with Crippen LogP contribution in [0.3, 0.4) is 0 Å². The van der Waals surface area contributed by atoms with Crippen LogP contribution in [0.4, 0.5) is 5.69 Å². The molecule has 30 heavy (non-hydrogen) atoms. The summed E-state index contributed by atoms with van der Waals surface area (Å²) in [6.45, 7) is 0. The SMILES string of the molecule is O=S(=O)(/C=C/c1ccccc1)Nc1ccccc1Cc1nc(-c2ccncc2)no1. The molecule has 0 aliphatic rings. The third-order valence-electron chi connectivity index (χ3n) is 4.26. The molecule has 2 heterocycles. The van der Waals surface area contributed by atoms with Crippen molar-refractivity contribution in [3.8, 4) is 11.4 Å². The van der Waals surface area contributed by atoms with Crippen LogP contribution >= 0.6 is 0 Å². The molecule has 1 N–H and O–H groups in total. The first kappa shape index (κ1) is 19.5. The van der Waals surface area contributed by atoms with Crippen molar-refractivity contribution in [2.75, 3.05) is 4.72 Å². The quantitative estimate of drug-likeness (QED) is 0.484. The summed E-state index contributed by atoms with van der Waals surface area (Å²) in [6, 6.07) is 19.9. The van der Waals surface area contributed by atoms with Gasteiger partial charge in [-0.3, -0.25) is 9.71 Å². The van der Waals surface area contributed by atoms with Gasteiger partial charge in [0, 0.05) is 18.0 Å². The minimum Gasteiger partial charge on any atom is -0.339 e. The molecule has 2 aromatic heterocycles. The zero-order valence-electron chi connectivity index (χ0n) is 15.8. The summed E-state index contributed by atoms with van der Waals surface area (Å²) in [7, 11) is -3.69. The predicted molar refractivity (Wildman–Crippen MR) is 115 cm³/mol. The number of pyridine rings is 1. The first-order chi connectivity index (χ1) is 14.6. The summed E-state index contributed by atoms with van der Waals surface area (Å²) >= 11 is 0. The van der Waals surface area contributed by atoms with E-state index in [2.05, 4.69) is 19.8 Å². The zero-order chi connectivity index (χ0) is 20.8. The molecule has 0 aliphatic heterocycles. The third-order valence-corrected chi connectivity index (χ3v) is 5.26. The first-order valence-electron chi connectivity index (χ1n) is 9.16. The molecule has 0 atom stereocenters. The Labute approximate surface area is 174 Å². The molecule has 4 aromatic rings. The smallest absolute Gasteiger partial charge is 0.255 e. The van der Waals surface area contributed by atoms with Gasteiger partial charge in [0.1, 0.15) is 0 Å². The van der Waals surface area contributed by atoms with Crippen molar-refractivity contribution < 1.29 is 12.9 Å². The number of hydrogen-bond donors (Lipinski definition) is 1. The average molecular weight is 418 g/mol. The molecular formula is C22H18N4O3S. The van der Waals surface area contributed by atoms with Crippen LogP contribution in [-0.2, 0) is 16.4 Å². The van der Waals surface area contributed by atoms with Gasteiger partial charge >= 0.3 is 0 Å². The van der Waals surface area contributed by atoms with E-state index in [1.54, 1.807) is 42.7 Å². The minimum atomic E-state index is -3.69. The molecule has 4 rings (SSSR count). The van der Waals surface area contributed by atoms with Gasteiger partial charge in [-0.05, 0) is 35.4 Å². The van der Waals surface area contributed by atoms with Gasteiger partial charge in [0.25, 0.3) is 10.0 Å². The Balaban J connectivity index is 1.52. The van der Waals surface area contributed by atoms with E-state index in [0.717, 1.165) is 22.1 Å². The Bertz CT molecular complexity index is 1250. The lowest BCUT2D eigenvalue weighted by Crippen LogP contribution is -2.10. The van der Waals surface area contributed by atoms with E-state index in [-0.39, 0.29) is 0 Å². The highest BCUT2D eigenvalue weighted by molar-refractivity contribution is 7.95. The molecule has 0 saturated carbocycles. The van der Waals surface area contributed by atoms with Crippen LogP contribution in [0.1, 0.15) is 17.0 Å². The lowest BCUT2D eigenvalue weighted by Gasteiger charge is -2.09. The Hall–Kier alpha value is -3.78. The lowest BCUT2D eigenvalue weighted by molar-refractivity contribution is 0.386. The summed E-state index contributed by atoms with van der Waals surface area (Å²) in [6.07, 6.45) is 5.14. The second kappa shape index (κ2) is 8.71. The average Bonchev–Trinajstić information content (AvgIpc) is 3.24. The number of benzene rings is 2. The Kier molecular flexibility index (Phi) is 5.67. The van der Waals surface area contributed by atoms with Gasteiger partial charge in [0.15, 0.2) is 0 Å². The Morgan fingerprint density at radius 2 is 1.67 bits per heavy atom. The monoisotopic (exact) mass is 418 g/mol. The van der Waals surface area contributed by atoms with E-state index < -0.39 is 10.0 Å². The van der Waals surface area contributed by atoms with Crippen molar-refractivity contribution in [2.45, 2.75) is 6.42 Å². The van der Waals surface area contributed by atoms with Gasteiger partial charge < -0.3 is 4.52 Å². The standard InChI is InChI=1S/C22H18N4O3S/c27-30(28,15-12-17-6-2-1-3-7-17)26-20-9-5-4-8-19(20)16-21-24-22(25-29-21)18-10-13-23-14-11-18/h1-15,26H,16H2/b15-12+. The minimum absolute atomic E-state index is 0.291. The molecule has 0 spiro atoms. The number of hydrogen-bond acceptors (Lipinski definition) is 6. The van der Waals surface area contributed by atoms with Crippen LogP contribution < -0.4 is 4.72 Å². The summed E-state index contributed by atoms with van der Waals surface area (Å²) < 4.78 is 33.0. The van der Waals surface area contributed by atoms with Crippen molar-refractivity contribution in [3.05, 3.63) is 102 Å². The van der Waals surface area contributed by atoms with E-state index in [0.29, 0.717) is 23.8 Å². The molecule has 0 amide bonds. The molecule has 0 saturated heterocycles. The number of para-hydroxylation sites is 1. The van der Waals surface area contributed by atoms with Gasteiger partial charge in [-0.1, -0.05) is 53.7 Å². The maximum Gasteiger partial charge on any atom is 0.255 e. The van der Waals surface area contributed by atoms with Crippen molar-refractivity contribution in [3.63, 3.8) is 0 Å². The fourth-order valence-electron chi connectivity index (χ4n) is 2.80. The highest BCUT2D eigenvalue weighted by atomic mass is 32.2. The number of sulfonamides is 1. The maximum atomic E-state index is 12.5. The largest absolute Gasteiger partial charge is 0.339 e. The zero-order valence-corrected chi connectivity index (χ0v) is 16.7. The van der Waals surface area contributed by atoms with Crippen molar-refractivity contribution in [2.24, 2.45) is 0 Å². The predicted octanol–water partition coefficient (Wildman–Crippen LogP) is 4.14. The molecule has 0 bridgehead atoms. The van der Waals surface area contributed by atoms with E-state index >= 15 is 0 Å². The topological polar surface area (TPSA) is 98.0 Å². The molecule has 0 unspecified atom stereocenters. The molecular weight excluding hydrogens is 400 g/mol. The van der Waals surface area contributed by atoms with Gasteiger partial charge in [-0.2, -0.15) is 4.98 Å². The normalized spacial score (nSPS) is 11.6.